The highest BCUT2D eigenvalue weighted by Gasteiger charge is 2.19. The fraction of sp³-hybridized carbons (Fsp3) is 0.217. The van der Waals surface area contributed by atoms with Crippen LogP contribution in [0.25, 0.3) is 33.2 Å². The number of hydrogen-bond acceptors (Lipinski definition) is 3. The molecule has 2 aromatic heterocycles. The van der Waals surface area contributed by atoms with E-state index in [-0.39, 0.29) is 5.91 Å². The molecule has 1 aliphatic heterocycles. The highest BCUT2D eigenvalue weighted by Crippen LogP contribution is 2.30. The van der Waals surface area contributed by atoms with Crippen molar-refractivity contribution in [2.45, 2.75) is 6.92 Å². The van der Waals surface area contributed by atoms with Crippen LogP contribution in [0.4, 0.5) is 0 Å². The third-order valence-electron chi connectivity index (χ3n) is 5.37. The van der Waals surface area contributed by atoms with Crippen LogP contribution in [0, 0.1) is 6.92 Å². The Bertz CT molecular complexity index is 1170. The van der Waals surface area contributed by atoms with Crippen LogP contribution in [0.3, 0.4) is 0 Å². The van der Waals surface area contributed by atoms with Crippen molar-refractivity contribution in [2.24, 2.45) is 0 Å². The van der Waals surface area contributed by atoms with Crippen LogP contribution in [-0.2, 0) is 4.74 Å². The molecule has 0 aliphatic carbocycles. The molecule has 0 unspecified atom stereocenters. The van der Waals surface area contributed by atoms with Gasteiger partial charge in [0.05, 0.1) is 29.9 Å². The van der Waals surface area contributed by atoms with Crippen LogP contribution < -0.4 is 0 Å². The van der Waals surface area contributed by atoms with Crippen molar-refractivity contribution in [3.8, 4) is 11.3 Å². The van der Waals surface area contributed by atoms with Crippen LogP contribution in [0.1, 0.15) is 15.9 Å². The van der Waals surface area contributed by atoms with Gasteiger partial charge >= 0.3 is 0 Å². The summed E-state index contributed by atoms with van der Waals surface area (Å²) in [5.41, 5.74) is 6.80. The van der Waals surface area contributed by atoms with E-state index in [1.165, 1.54) is 0 Å². The second kappa shape index (κ2) is 6.77. The van der Waals surface area contributed by atoms with Gasteiger partial charge in [0.1, 0.15) is 0 Å². The Labute approximate surface area is 162 Å². The first-order valence-corrected chi connectivity index (χ1v) is 9.56. The van der Waals surface area contributed by atoms with Crippen molar-refractivity contribution in [1.29, 1.82) is 0 Å². The van der Waals surface area contributed by atoms with Gasteiger partial charge in [0.2, 0.25) is 0 Å². The number of rotatable bonds is 2. The van der Waals surface area contributed by atoms with Gasteiger partial charge in [-0.2, -0.15) is 0 Å². The average Bonchev–Trinajstić information content (AvgIpc) is 3.13. The van der Waals surface area contributed by atoms with Gasteiger partial charge in [0.15, 0.2) is 0 Å². The first kappa shape index (κ1) is 17.0. The molecule has 4 aromatic rings. The zero-order chi connectivity index (χ0) is 19.1. The van der Waals surface area contributed by atoms with Crippen molar-refractivity contribution in [1.82, 2.24) is 14.9 Å². The number of H-pyrrole nitrogens is 1. The summed E-state index contributed by atoms with van der Waals surface area (Å²) in [5.74, 6) is 0.0542. The van der Waals surface area contributed by atoms with Gasteiger partial charge in [-0.05, 0) is 36.8 Å². The lowest BCUT2D eigenvalue weighted by Crippen LogP contribution is -2.40. The summed E-state index contributed by atoms with van der Waals surface area (Å²) in [4.78, 5) is 23.0. The molecule has 28 heavy (non-hydrogen) atoms. The fourth-order valence-corrected chi connectivity index (χ4v) is 3.85. The van der Waals surface area contributed by atoms with E-state index in [9.17, 15) is 4.79 Å². The van der Waals surface area contributed by atoms with E-state index in [0.29, 0.717) is 31.9 Å². The quantitative estimate of drug-likeness (QED) is 0.575. The molecule has 0 bridgehead atoms. The standard InChI is InChI=1S/C23H21N3O2/c1-15-13-19(16-5-3-2-4-6-16)24-22-18-8-7-17(14-20(18)25-21(15)22)23(27)26-9-11-28-12-10-26/h2-8,13-14,25H,9-12H2,1H3. The summed E-state index contributed by atoms with van der Waals surface area (Å²) in [5, 5.41) is 1.04. The minimum absolute atomic E-state index is 0.0542. The van der Waals surface area contributed by atoms with E-state index in [1.54, 1.807) is 0 Å². The van der Waals surface area contributed by atoms with E-state index in [4.69, 9.17) is 9.72 Å². The minimum atomic E-state index is 0.0542. The largest absolute Gasteiger partial charge is 0.378 e. The van der Waals surface area contributed by atoms with E-state index in [1.807, 2.05) is 41.3 Å². The van der Waals surface area contributed by atoms with Crippen molar-refractivity contribution >= 4 is 27.8 Å². The normalized spacial score (nSPS) is 14.7. The Morgan fingerprint density at radius 1 is 1.07 bits per heavy atom. The maximum absolute atomic E-state index is 12.8. The predicted octanol–water partition coefficient (Wildman–Crippen LogP) is 4.16. The molecule has 0 radical (unpaired) electrons. The summed E-state index contributed by atoms with van der Waals surface area (Å²) in [6.45, 7) is 4.58. The van der Waals surface area contributed by atoms with E-state index >= 15 is 0 Å². The van der Waals surface area contributed by atoms with Gasteiger partial charge in [-0.15, -0.1) is 0 Å². The molecule has 140 valence electrons. The van der Waals surface area contributed by atoms with Gasteiger partial charge in [0.25, 0.3) is 5.91 Å². The average molecular weight is 371 g/mol. The summed E-state index contributed by atoms with van der Waals surface area (Å²) in [6.07, 6.45) is 0. The van der Waals surface area contributed by atoms with E-state index in [0.717, 1.165) is 38.8 Å². The number of carbonyl (C=O) groups is 1. The second-order valence-electron chi connectivity index (χ2n) is 7.20. The van der Waals surface area contributed by atoms with Crippen LogP contribution in [-0.4, -0.2) is 47.1 Å². The van der Waals surface area contributed by atoms with Crippen molar-refractivity contribution in [3.05, 3.63) is 65.7 Å². The number of ether oxygens (including phenoxy) is 1. The number of pyridine rings is 1. The number of aromatic amines is 1. The lowest BCUT2D eigenvalue weighted by molar-refractivity contribution is 0.0303. The highest BCUT2D eigenvalue weighted by molar-refractivity contribution is 6.09. The number of nitrogens with zero attached hydrogens (tertiary/aromatic N) is 2. The topological polar surface area (TPSA) is 58.2 Å². The van der Waals surface area contributed by atoms with Gasteiger partial charge in [0, 0.05) is 35.1 Å². The Morgan fingerprint density at radius 3 is 2.64 bits per heavy atom. The van der Waals surface area contributed by atoms with Crippen LogP contribution >= 0.6 is 0 Å². The minimum Gasteiger partial charge on any atom is -0.378 e. The van der Waals surface area contributed by atoms with Crippen molar-refractivity contribution < 1.29 is 9.53 Å². The summed E-state index contributed by atoms with van der Waals surface area (Å²) in [6, 6.07) is 18.1. The highest BCUT2D eigenvalue weighted by atomic mass is 16.5. The summed E-state index contributed by atoms with van der Waals surface area (Å²) in [7, 11) is 0. The molecule has 5 nitrogen and oxygen atoms in total. The first-order chi connectivity index (χ1) is 13.7. The predicted molar refractivity (Wildman–Crippen MR) is 110 cm³/mol. The zero-order valence-corrected chi connectivity index (χ0v) is 15.7. The summed E-state index contributed by atoms with van der Waals surface area (Å²) < 4.78 is 5.35. The number of benzene rings is 2. The van der Waals surface area contributed by atoms with Gasteiger partial charge < -0.3 is 14.6 Å². The van der Waals surface area contributed by atoms with E-state index in [2.05, 4.69) is 30.1 Å². The Balaban J connectivity index is 1.60. The molecule has 1 fully saturated rings. The maximum atomic E-state index is 12.8. The fourth-order valence-electron chi connectivity index (χ4n) is 3.85. The number of aromatic nitrogens is 2. The smallest absolute Gasteiger partial charge is 0.254 e. The Hall–Kier alpha value is -3.18. The number of hydrogen-bond donors (Lipinski definition) is 1. The monoisotopic (exact) mass is 371 g/mol. The number of morpholine rings is 1. The van der Waals surface area contributed by atoms with Crippen LogP contribution in [0.2, 0.25) is 0 Å². The van der Waals surface area contributed by atoms with Crippen molar-refractivity contribution in [3.63, 3.8) is 0 Å². The number of amides is 1. The van der Waals surface area contributed by atoms with Gasteiger partial charge in [-0.25, -0.2) is 4.98 Å². The molecule has 5 rings (SSSR count). The molecule has 1 amide bonds. The van der Waals surface area contributed by atoms with Gasteiger partial charge in [-0.3, -0.25) is 4.79 Å². The lowest BCUT2D eigenvalue weighted by atomic mass is 10.1. The number of nitrogens with one attached hydrogen (secondary N) is 1. The van der Waals surface area contributed by atoms with Crippen LogP contribution in [0.5, 0.6) is 0 Å². The summed E-state index contributed by atoms with van der Waals surface area (Å²) >= 11 is 0. The molecule has 0 atom stereocenters. The van der Waals surface area contributed by atoms with Crippen molar-refractivity contribution in [2.75, 3.05) is 26.3 Å². The second-order valence-corrected chi connectivity index (χ2v) is 7.20. The molecule has 2 aromatic carbocycles. The molecule has 3 heterocycles. The molecule has 5 heteroatoms. The molecule has 1 aliphatic rings. The molecule has 1 saturated heterocycles. The molecule has 0 saturated carbocycles. The molecular weight excluding hydrogens is 350 g/mol. The molecule has 0 spiro atoms. The number of aryl methyl sites for hydroxylation is 1. The Kier molecular flexibility index (Phi) is 4.10. The Morgan fingerprint density at radius 2 is 1.86 bits per heavy atom. The molecular formula is C23H21N3O2. The third-order valence-corrected chi connectivity index (χ3v) is 5.37. The number of carbonyl (C=O) groups excluding carboxylic acids is 1. The van der Waals surface area contributed by atoms with Crippen LogP contribution in [0.15, 0.2) is 54.6 Å². The third kappa shape index (κ3) is 2.84. The first-order valence-electron chi connectivity index (χ1n) is 9.56. The maximum Gasteiger partial charge on any atom is 0.254 e. The zero-order valence-electron chi connectivity index (χ0n) is 15.7. The SMILES string of the molecule is Cc1cc(-c2ccccc2)nc2c1[nH]c1cc(C(=O)N3CCOCC3)ccc12. The molecule has 1 N–H and O–H groups in total. The van der Waals surface area contributed by atoms with Gasteiger partial charge in [-0.1, -0.05) is 30.3 Å². The number of fused-ring (bicyclic) bond motifs is 3. The lowest BCUT2D eigenvalue weighted by Gasteiger charge is -2.26. The van der Waals surface area contributed by atoms with E-state index < -0.39 is 0 Å².